The van der Waals surface area contributed by atoms with Crippen LogP contribution >= 0.6 is 0 Å². The lowest BCUT2D eigenvalue weighted by Crippen LogP contribution is -2.05. The topological polar surface area (TPSA) is 26.3 Å². The van der Waals surface area contributed by atoms with Crippen LogP contribution in [0.25, 0.3) is 0 Å². The summed E-state index contributed by atoms with van der Waals surface area (Å²) in [5.74, 6) is -0.0476. The standard InChI is InChI=1S/C22H36O2/c1-3-5-7-8-9-10-11-12-13-14-15-16-17-18-19-20-22(23)24-21-6-4-2/h5,7,9-10,12-13,15-16H,3-4,6,8,11,14,17-21H2,1-2H3. The maximum absolute atomic E-state index is 11.4. The number of ether oxygens (including phenoxy) is 1. The van der Waals surface area contributed by atoms with Crippen molar-refractivity contribution in [3.8, 4) is 0 Å². The predicted octanol–water partition coefficient (Wildman–Crippen LogP) is 6.70. The maximum Gasteiger partial charge on any atom is 0.305 e. The fourth-order valence-electron chi connectivity index (χ4n) is 2.03. The molecule has 0 atom stereocenters. The zero-order chi connectivity index (χ0) is 17.7. The minimum absolute atomic E-state index is 0.0476. The summed E-state index contributed by atoms with van der Waals surface area (Å²) in [7, 11) is 0. The molecule has 0 bridgehead atoms. The van der Waals surface area contributed by atoms with Crippen LogP contribution in [0.1, 0.15) is 78.1 Å². The molecule has 24 heavy (non-hydrogen) atoms. The highest BCUT2D eigenvalue weighted by Crippen LogP contribution is 2.04. The molecule has 0 aliphatic rings. The fourth-order valence-corrected chi connectivity index (χ4v) is 2.03. The largest absolute Gasteiger partial charge is 0.466 e. The second kappa shape index (κ2) is 19.5. The highest BCUT2D eigenvalue weighted by Gasteiger charge is 2.00. The van der Waals surface area contributed by atoms with Gasteiger partial charge in [-0.25, -0.2) is 0 Å². The second-order valence-electron chi connectivity index (χ2n) is 5.82. The van der Waals surface area contributed by atoms with Crippen LogP contribution in [0.15, 0.2) is 48.6 Å². The summed E-state index contributed by atoms with van der Waals surface area (Å²) in [6, 6.07) is 0. The third-order valence-corrected chi connectivity index (χ3v) is 3.48. The molecule has 2 nitrogen and oxygen atoms in total. The molecule has 0 fully saturated rings. The summed E-state index contributed by atoms with van der Waals surface area (Å²) in [6.07, 6.45) is 27.4. The van der Waals surface area contributed by atoms with Gasteiger partial charge in [0.25, 0.3) is 0 Å². The maximum atomic E-state index is 11.4. The van der Waals surface area contributed by atoms with Crippen molar-refractivity contribution in [1.29, 1.82) is 0 Å². The van der Waals surface area contributed by atoms with Crippen LogP contribution in [0.2, 0.25) is 0 Å². The van der Waals surface area contributed by atoms with Gasteiger partial charge in [0, 0.05) is 6.42 Å². The van der Waals surface area contributed by atoms with Gasteiger partial charge in [0.15, 0.2) is 0 Å². The molecule has 0 amide bonds. The summed E-state index contributed by atoms with van der Waals surface area (Å²) in [4.78, 5) is 11.4. The zero-order valence-electron chi connectivity index (χ0n) is 15.7. The first-order valence-corrected chi connectivity index (χ1v) is 9.56. The monoisotopic (exact) mass is 332 g/mol. The average molecular weight is 333 g/mol. The van der Waals surface area contributed by atoms with Gasteiger partial charge in [-0.15, -0.1) is 0 Å². The molecule has 0 aliphatic carbocycles. The van der Waals surface area contributed by atoms with E-state index in [1.165, 1.54) is 0 Å². The van der Waals surface area contributed by atoms with E-state index in [2.05, 4.69) is 62.5 Å². The first-order chi connectivity index (χ1) is 11.8. The number of rotatable bonds is 15. The van der Waals surface area contributed by atoms with Crippen molar-refractivity contribution in [2.24, 2.45) is 0 Å². The van der Waals surface area contributed by atoms with E-state index < -0.39 is 0 Å². The summed E-state index contributed by atoms with van der Waals surface area (Å²) < 4.78 is 5.13. The molecule has 0 aromatic rings. The Morgan fingerprint density at radius 1 is 0.750 bits per heavy atom. The van der Waals surface area contributed by atoms with E-state index in [-0.39, 0.29) is 5.97 Å². The number of allylic oxidation sites excluding steroid dienone is 8. The molecule has 0 unspecified atom stereocenters. The van der Waals surface area contributed by atoms with Gasteiger partial charge >= 0.3 is 5.97 Å². The Bertz CT molecular complexity index is 389. The highest BCUT2D eigenvalue weighted by atomic mass is 16.5. The van der Waals surface area contributed by atoms with E-state index in [0.29, 0.717) is 13.0 Å². The van der Waals surface area contributed by atoms with Crippen molar-refractivity contribution in [3.63, 3.8) is 0 Å². The molecule has 0 rings (SSSR count). The second-order valence-corrected chi connectivity index (χ2v) is 5.82. The molecule has 0 heterocycles. The Labute approximate surface area is 149 Å². The van der Waals surface area contributed by atoms with Crippen molar-refractivity contribution in [3.05, 3.63) is 48.6 Å². The quantitative estimate of drug-likeness (QED) is 0.189. The van der Waals surface area contributed by atoms with Crippen molar-refractivity contribution in [2.45, 2.75) is 78.1 Å². The van der Waals surface area contributed by atoms with Crippen LogP contribution in [0.5, 0.6) is 0 Å². The number of hydrogen-bond acceptors (Lipinski definition) is 2. The minimum Gasteiger partial charge on any atom is -0.466 e. The minimum atomic E-state index is -0.0476. The highest BCUT2D eigenvalue weighted by molar-refractivity contribution is 5.69. The van der Waals surface area contributed by atoms with Crippen LogP contribution < -0.4 is 0 Å². The van der Waals surface area contributed by atoms with Crippen LogP contribution in [0, 0.1) is 0 Å². The molecule has 0 aromatic carbocycles. The molecular weight excluding hydrogens is 296 g/mol. The van der Waals surface area contributed by atoms with Crippen LogP contribution in [0.3, 0.4) is 0 Å². The number of esters is 1. The van der Waals surface area contributed by atoms with Gasteiger partial charge in [-0.2, -0.15) is 0 Å². The van der Waals surface area contributed by atoms with Crippen molar-refractivity contribution >= 4 is 5.97 Å². The van der Waals surface area contributed by atoms with Gasteiger partial charge in [-0.3, -0.25) is 4.79 Å². The van der Waals surface area contributed by atoms with Gasteiger partial charge in [0.05, 0.1) is 6.61 Å². The number of carbonyl (C=O) groups excluding carboxylic acids is 1. The van der Waals surface area contributed by atoms with Gasteiger partial charge in [0.2, 0.25) is 0 Å². The molecular formula is C22H36O2. The summed E-state index contributed by atoms with van der Waals surface area (Å²) in [5.41, 5.74) is 0. The number of carbonyl (C=O) groups is 1. The van der Waals surface area contributed by atoms with E-state index in [1.807, 2.05) is 0 Å². The molecule has 0 radical (unpaired) electrons. The Morgan fingerprint density at radius 3 is 1.92 bits per heavy atom. The first kappa shape index (κ1) is 22.4. The number of unbranched alkanes of at least 4 members (excludes halogenated alkanes) is 3. The van der Waals surface area contributed by atoms with E-state index >= 15 is 0 Å². The average Bonchev–Trinajstić information content (AvgIpc) is 2.58. The zero-order valence-corrected chi connectivity index (χ0v) is 15.7. The van der Waals surface area contributed by atoms with E-state index in [4.69, 9.17) is 4.74 Å². The van der Waals surface area contributed by atoms with Gasteiger partial charge in [0.1, 0.15) is 0 Å². The molecule has 0 spiro atoms. The Balaban J connectivity index is 3.41. The Morgan fingerprint density at radius 2 is 1.33 bits per heavy atom. The Hall–Kier alpha value is -1.57. The van der Waals surface area contributed by atoms with E-state index in [0.717, 1.165) is 57.8 Å². The van der Waals surface area contributed by atoms with Crippen LogP contribution in [-0.4, -0.2) is 12.6 Å². The third-order valence-electron chi connectivity index (χ3n) is 3.48. The lowest BCUT2D eigenvalue weighted by Gasteiger charge is -2.02. The molecule has 2 heteroatoms. The van der Waals surface area contributed by atoms with Crippen LogP contribution in [-0.2, 0) is 9.53 Å². The molecule has 136 valence electrons. The summed E-state index contributed by atoms with van der Waals surface area (Å²) in [6.45, 7) is 4.82. The third kappa shape index (κ3) is 18.5. The van der Waals surface area contributed by atoms with Gasteiger partial charge in [-0.05, 0) is 51.4 Å². The lowest BCUT2D eigenvalue weighted by molar-refractivity contribution is -0.143. The van der Waals surface area contributed by atoms with Gasteiger partial charge < -0.3 is 4.74 Å². The molecule has 0 saturated carbocycles. The van der Waals surface area contributed by atoms with Crippen molar-refractivity contribution in [2.75, 3.05) is 6.61 Å². The van der Waals surface area contributed by atoms with Crippen LogP contribution in [0.4, 0.5) is 0 Å². The summed E-state index contributed by atoms with van der Waals surface area (Å²) in [5, 5.41) is 0. The smallest absolute Gasteiger partial charge is 0.305 e. The molecule has 0 aromatic heterocycles. The first-order valence-electron chi connectivity index (χ1n) is 9.56. The molecule has 0 aliphatic heterocycles. The fraction of sp³-hybridized carbons (Fsp3) is 0.591. The van der Waals surface area contributed by atoms with E-state index in [1.54, 1.807) is 0 Å². The molecule has 0 N–H and O–H groups in total. The van der Waals surface area contributed by atoms with E-state index in [9.17, 15) is 4.79 Å². The SMILES string of the molecule is CCC=CCC=CCC=CCC=CCCCCC(=O)OCCCC. The van der Waals surface area contributed by atoms with Crippen molar-refractivity contribution in [1.82, 2.24) is 0 Å². The molecule has 0 saturated heterocycles. The predicted molar refractivity (Wildman–Crippen MR) is 105 cm³/mol. The summed E-state index contributed by atoms with van der Waals surface area (Å²) >= 11 is 0. The van der Waals surface area contributed by atoms with Crippen molar-refractivity contribution < 1.29 is 9.53 Å². The number of hydrogen-bond donors (Lipinski definition) is 0. The lowest BCUT2D eigenvalue weighted by atomic mass is 10.2. The normalized spacial score (nSPS) is 12.2. The van der Waals surface area contributed by atoms with Gasteiger partial charge in [-0.1, -0.05) is 68.9 Å². The Kier molecular flexibility index (Phi) is 18.2.